The summed E-state index contributed by atoms with van der Waals surface area (Å²) >= 11 is 0. The largest absolute Gasteiger partial charge is 0.491 e. The molecule has 0 heterocycles. The lowest BCUT2D eigenvalue weighted by molar-refractivity contribution is -0.118. The molecule has 0 aliphatic heterocycles. The predicted molar refractivity (Wildman–Crippen MR) is 70.6 cm³/mol. The van der Waals surface area contributed by atoms with Crippen molar-refractivity contribution in [2.24, 2.45) is 0 Å². The van der Waals surface area contributed by atoms with Crippen LogP contribution >= 0.6 is 0 Å². The van der Waals surface area contributed by atoms with E-state index in [0.717, 1.165) is 17.7 Å². The number of aryl methyl sites for hydroxylation is 2. The Morgan fingerprint density at radius 1 is 1.35 bits per heavy atom. The van der Waals surface area contributed by atoms with E-state index in [4.69, 9.17) is 4.74 Å². The smallest absolute Gasteiger partial charge is 0.132 e. The lowest BCUT2D eigenvalue weighted by Crippen LogP contribution is -2.07. The first-order chi connectivity index (χ1) is 8.02. The van der Waals surface area contributed by atoms with Gasteiger partial charge in [-0.2, -0.15) is 0 Å². The molecule has 0 aliphatic rings. The molecule has 0 unspecified atom stereocenters. The normalized spacial score (nSPS) is 10.6. The van der Waals surface area contributed by atoms with E-state index < -0.39 is 0 Å². The molecular weight excluding hydrogens is 212 g/mol. The third-order valence-corrected chi connectivity index (χ3v) is 2.69. The van der Waals surface area contributed by atoms with Gasteiger partial charge >= 0.3 is 0 Å². The Morgan fingerprint density at radius 3 is 2.59 bits per heavy atom. The van der Waals surface area contributed by atoms with E-state index in [-0.39, 0.29) is 6.10 Å². The summed E-state index contributed by atoms with van der Waals surface area (Å²) in [5.41, 5.74) is 2.35. The van der Waals surface area contributed by atoms with Crippen LogP contribution in [0.4, 0.5) is 0 Å². The second-order valence-electron chi connectivity index (χ2n) is 4.66. The number of carbonyl (C=O) groups excluding carboxylic acids is 1. The Morgan fingerprint density at radius 2 is 2.06 bits per heavy atom. The van der Waals surface area contributed by atoms with Crippen LogP contribution in [0.25, 0.3) is 0 Å². The van der Waals surface area contributed by atoms with Gasteiger partial charge in [-0.25, -0.2) is 0 Å². The molecule has 94 valence electrons. The van der Waals surface area contributed by atoms with Gasteiger partial charge in [0.25, 0.3) is 0 Å². The summed E-state index contributed by atoms with van der Waals surface area (Å²) in [4.78, 5) is 11.3. The highest BCUT2D eigenvalue weighted by Crippen LogP contribution is 2.21. The van der Waals surface area contributed by atoms with Gasteiger partial charge in [0.2, 0.25) is 0 Å². The van der Waals surface area contributed by atoms with Crippen LogP contribution in [0.3, 0.4) is 0 Å². The molecule has 2 nitrogen and oxygen atoms in total. The second-order valence-corrected chi connectivity index (χ2v) is 4.66. The summed E-state index contributed by atoms with van der Waals surface area (Å²) in [6.45, 7) is 8.00. The fourth-order valence-corrected chi connectivity index (χ4v) is 1.71. The van der Waals surface area contributed by atoms with Crippen molar-refractivity contribution in [2.45, 2.75) is 53.1 Å². The molecule has 0 amide bonds. The van der Waals surface area contributed by atoms with Gasteiger partial charge in [-0.15, -0.1) is 0 Å². The SMILES string of the molecule is CCC(=O)CCc1ccc(OC(C)C)c(C)c1. The number of ketones is 1. The maximum atomic E-state index is 11.3. The van der Waals surface area contributed by atoms with Crippen molar-refractivity contribution >= 4 is 5.78 Å². The van der Waals surface area contributed by atoms with E-state index in [1.54, 1.807) is 0 Å². The number of Topliss-reactive ketones (excluding diaryl/α,β-unsaturated/α-hetero) is 1. The van der Waals surface area contributed by atoms with Gasteiger partial charge in [-0.1, -0.05) is 19.1 Å². The van der Waals surface area contributed by atoms with E-state index in [2.05, 4.69) is 6.07 Å². The van der Waals surface area contributed by atoms with E-state index in [9.17, 15) is 4.79 Å². The molecule has 0 spiro atoms. The number of ether oxygens (including phenoxy) is 1. The van der Waals surface area contributed by atoms with Gasteiger partial charge < -0.3 is 4.74 Å². The fourth-order valence-electron chi connectivity index (χ4n) is 1.71. The molecule has 1 aromatic rings. The van der Waals surface area contributed by atoms with Crippen molar-refractivity contribution in [1.29, 1.82) is 0 Å². The standard InChI is InChI=1S/C15H22O2/c1-5-14(16)8-6-13-7-9-15(12(4)10-13)17-11(2)3/h7,9-11H,5-6,8H2,1-4H3. The molecular formula is C15H22O2. The van der Waals surface area contributed by atoms with Crippen LogP contribution in [0.2, 0.25) is 0 Å². The van der Waals surface area contributed by atoms with Crippen molar-refractivity contribution in [3.8, 4) is 5.75 Å². The Hall–Kier alpha value is -1.31. The lowest BCUT2D eigenvalue weighted by Gasteiger charge is -2.13. The van der Waals surface area contributed by atoms with Crippen molar-refractivity contribution in [3.63, 3.8) is 0 Å². The molecule has 1 aromatic carbocycles. The number of carbonyl (C=O) groups is 1. The predicted octanol–water partition coefficient (Wildman–Crippen LogP) is 3.69. The maximum Gasteiger partial charge on any atom is 0.132 e. The monoisotopic (exact) mass is 234 g/mol. The van der Waals surface area contributed by atoms with Gasteiger partial charge in [0.1, 0.15) is 11.5 Å². The van der Waals surface area contributed by atoms with Crippen LogP contribution in [0.1, 0.15) is 44.7 Å². The molecule has 0 N–H and O–H groups in total. The Balaban J connectivity index is 2.65. The zero-order chi connectivity index (χ0) is 12.8. The summed E-state index contributed by atoms with van der Waals surface area (Å²) in [5.74, 6) is 1.26. The lowest BCUT2D eigenvalue weighted by atomic mass is 10.0. The van der Waals surface area contributed by atoms with E-state index in [1.807, 2.05) is 39.8 Å². The molecule has 0 saturated heterocycles. The summed E-state index contributed by atoms with van der Waals surface area (Å²) in [7, 11) is 0. The third-order valence-electron chi connectivity index (χ3n) is 2.69. The number of hydrogen-bond donors (Lipinski definition) is 0. The Labute approximate surface area is 104 Å². The highest BCUT2D eigenvalue weighted by Gasteiger charge is 2.05. The van der Waals surface area contributed by atoms with Crippen LogP contribution in [-0.2, 0) is 11.2 Å². The highest BCUT2D eigenvalue weighted by atomic mass is 16.5. The average molecular weight is 234 g/mol. The molecule has 17 heavy (non-hydrogen) atoms. The minimum Gasteiger partial charge on any atom is -0.491 e. The number of hydrogen-bond acceptors (Lipinski definition) is 2. The first-order valence-corrected chi connectivity index (χ1v) is 6.30. The minimum absolute atomic E-state index is 0.196. The van der Waals surface area contributed by atoms with E-state index in [0.29, 0.717) is 18.6 Å². The van der Waals surface area contributed by atoms with Crippen LogP contribution < -0.4 is 4.74 Å². The quantitative estimate of drug-likeness (QED) is 0.750. The topological polar surface area (TPSA) is 26.3 Å². The third kappa shape index (κ3) is 4.59. The van der Waals surface area contributed by atoms with Gasteiger partial charge in [-0.3, -0.25) is 4.79 Å². The molecule has 0 saturated carbocycles. The first-order valence-electron chi connectivity index (χ1n) is 6.30. The van der Waals surface area contributed by atoms with Gasteiger partial charge in [0.05, 0.1) is 6.10 Å². The summed E-state index contributed by atoms with van der Waals surface area (Å²) in [5, 5.41) is 0. The average Bonchev–Trinajstić information content (AvgIpc) is 2.28. The van der Waals surface area contributed by atoms with Crippen LogP contribution in [0.15, 0.2) is 18.2 Å². The van der Waals surface area contributed by atoms with Crippen LogP contribution in [0.5, 0.6) is 5.75 Å². The molecule has 0 radical (unpaired) electrons. The zero-order valence-corrected chi connectivity index (χ0v) is 11.2. The summed E-state index contributed by atoms with van der Waals surface area (Å²) in [6, 6.07) is 6.16. The van der Waals surface area contributed by atoms with Crippen molar-refractivity contribution in [1.82, 2.24) is 0 Å². The minimum atomic E-state index is 0.196. The van der Waals surface area contributed by atoms with Gasteiger partial charge in [0.15, 0.2) is 0 Å². The van der Waals surface area contributed by atoms with Crippen LogP contribution in [0, 0.1) is 6.92 Å². The molecule has 1 rings (SSSR count). The molecule has 2 heteroatoms. The maximum absolute atomic E-state index is 11.3. The van der Waals surface area contributed by atoms with Crippen LogP contribution in [-0.4, -0.2) is 11.9 Å². The molecule has 0 atom stereocenters. The van der Waals surface area contributed by atoms with Gasteiger partial charge in [0, 0.05) is 12.8 Å². The second kappa shape index (κ2) is 6.43. The Kier molecular flexibility index (Phi) is 5.20. The zero-order valence-electron chi connectivity index (χ0n) is 11.2. The number of rotatable bonds is 6. The van der Waals surface area contributed by atoms with E-state index in [1.165, 1.54) is 5.56 Å². The van der Waals surface area contributed by atoms with Crippen molar-refractivity contribution in [3.05, 3.63) is 29.3 Å². The molecule has 0 aromatic heterocycles. The highest BCUT2D eigenvalue weighted by molar-refractivity contribution is 5.78. The number of benzene rings is 1. The Bertz CT molecular complexity index is 381. The first kappa shape index (κ1) is 13.8. The van der Waals surface area contributed by atoms with E-state index >= 15 is 0 Å². The van der Waals surface area contributed by atoms with Crippen molar-refractivity contribution < 1.29 is 9.53 Å². The van der Waals surface area contributed by atoms with Gasteiger partial charge in [-0.05, 0) is 44.4 Å². The molecule has 0 aliphatic carbocycles. The summed E-state index contributed by atoms with van der Waals surface area (Å²) < 4.78 is 5.68. The van der Waals surface area contributed by atoms with Crippen molar-refractivity contribution in [2.75, 3.05) is 0 Å². The molecule has 0 fully saturated rings. The molecule has 0 bridgehead atoms. The fraction of sp³-hybridized carbons (Fsp3) is 0.533. The summed E-state index contributed by atoms with van der Waals surface area (Å²) in [6.07, 6.45) is 2.30.